The second-order valence-corrected chi connectivity index (χ2v) is 4.24. The molecule has 2 rings (SSSR count). The van der Waals surface area contributed by atoms with Gasteiger partial charge in [-0.15, -0.1) is 0 Å². The van der Waals surface area contributed by atoms with Gasteiger partial charge in [0, 0.05) is 25.1 Å². The molecule has 3 N–H and O–H groups in total. The van der Waals surface area contributed by atoms with E-state index in [0.29, 0.717) is 13.0 Å². The van der Waals surface area contributed by atoms with Crippen molar-refractivity contribution in [3.8, 4) is 5.75 Å². The molecule has 6 heteroatoms. The molecule has 1 aromatic heterocycles. The van der Waals surface area contributed by atoms with E-state index in [4.69, 9.17) is 9.94 Å². The Labute approximate surface area is 110 Å². The van der Waals surface area contributed by atoms with Gasteiger partial charge in [0.15, 0.2) is 0 Å². The first-order valence-electron chi connectivity index (χ1n) is 5.98. The minimum Gasteiger partial charge on any atom is -0.497 e. The molecule has 1 aromatic carbocycles. The number of ether oxygens (including phenoxy) is 1. The van der Waals surface area contributed by atoms with Crippen LogP contribution in [0.25, 0.3) is 10.9 Å². The zero-order valence-electron chi connectivity index (χ0n) is 10.9. The van der Waals surface area contributed by atoms with E-state index < -0.39 is 0 Å². The average Bonchev–Trinajstić information content (AvgIpc) is 2.76. The number of carbonyl (C=O) groups excluding carboxylic acids is 1. The van der Waals surface area contributed by atoms with Crippen molar-refractivity contribution in [2.45, 2.75) is 13.3 Å². The third kappa shape index (κ3) is 2.79. The number of nitrogens with one attached hydrogen (secondary N) is 2. The lowest BCUT2D eigenvalue weighted by molar-refractivity contribution is -0.118. The Morgan fingerprint density at radius 2 is 2.26 bits per heavy atom. The van der Waals surface area contributed by atoms with Gasteiger partial charge in [0.1, 0.15) is 5.75 Å². The van der Waals surface area contributed by atoms with Crippen LogP contribution in [0.2, 0.25) is 0 Å². The lowest BCUT2D eigenvalue weighted by Gasteiger charge is -2.03. The van der Waals surface area contributed by atoms with Crippen molar-refractivity contribution in [1.82, 2.24) is 9.99 Å². The molecule has 0 bridgehead atoms. The van der Waals surface area contributed by atoms with E-state index >= 15 is 0 Å². The molecule has 1 heterocycles. The van der Waals surface area contributed by atoms with E-state index in [0.717, 1.165) is 22.2 Å². The Bertz CT molecular complexity index is 592. The molecule has 1 amide bonds. The summed E-state index contributed by atoms with van der Waals surface area (Å²) in [5, 5.41) is 12.8. The summed E-state index contributed by atoms with van der Waals surface area (Å²) in [4.78, 5) is 10.9. The Hall–Kier alpha value is -2.21. The summed E-state index contributed by atoms with van der Waals surface area (Å²) in [5.41, 5.74) is 3.98. The van der Waals surface area contributed by atoms with Crippen LogP contribution in [-0.4, -0.2) is 29.4 Å². The number of hydrogen-bond acceptors (Lipinski definition) is 4. The quantitative estimate of drug-likeness (QED) is 0.710. The molecule has 0 atom stereocenters. The van der Waals surface area contributed by atoms with Gasteiger partial charge in [0.2, 0.25) is 5.91 Å². The predicted octanol–water partition coefficient (Wildman–Crippen LogP) is 1.26. The summed E-state index contributed by atoms with van der Waals surface area (Å²) >= 11 is 0. The first kappa shape index (κ1) is 13.2. The van der Waals surface area contributed by atoms with Crippen molar-refractivity contribution in [2.24, 2.45) is 0 Å². The molecule has 2 aromatic rings. The summed E-state index contributed by atoms with van der Waals surface area (Å²) in [6.45, 7) is 2.04. The fraction of sp³-hybridized carbons (Fsp3) is 0.308. The van der Waals surface area contributed by atoms with Crippen LogP contribution < -0.4 is 15.6 Å². The number of hydrogen-bond donors (Lipinski definition) is 3. The van der Waals surface area contributed by atoms with Gasteiger partial charge in [-0.2, -0.15) is 0 Å². The lowest BCUT2D eigenvalue weighted by atomic mass is 10.1. The summed E-state index contributed by atoms with van der Waals surface area (Å²) < 4.78 is 6.73. The molecule has 0 aliphatic rings. The smallest absolute Gasteiger partial charge is 0.216 e. The zero-order chi connectivity index (χ0) is 13.8. The maximum absolute atomic E-state index is 10.9. The number of fused-ring (bicyclic) bond motifs is 1. The number of methoxy groups -OCH3 is 1. The highest BCUT2D eigenvalue weighted by Crippen LogP contribution is 2.25. The van der Waals surface area contributed by atoms with Crippen LogP contribution in [0.3, 0.4) is 0 Å². The van der Waals surface area contributed by atoms with Crippen molar-refractivity contribution >= 4 is 16.8 Å². The molecule has 0 saturated heterocycles. The monoisotopic (exact) mass is 263 g/mol. The van der Waals surface area contributed by atoms with E-state index in [1.54, 1.807) is 13.3 Å². The van der Waals surface area contributed by atoms with Crippen molar-refractivity contribution in [1.29, 1.82) is 0 Å². The van der Waals surface area contributed by atoms with E-state index in [2.05, 4.69) is 10.9 Å². The minimum absolute atomic E-state index is 0.0541. The molecular weight excluding hydrogens is 246 g/mol. The molecule has 102 valence electrons. The molecule has 0 unspecified atom stereocenters. The summed E-state index contributed by atoms with van der Waals surface area (Å²) in [6, 6.07) is 5.60. The van der Waals surface area contributed by atoms with Crippen molar-refractivity contribution in [3.05, 3.63) is 30.0 Å². The number of nitrogens with zero attached hydrogens (tertiary/aromatic N) is 1. The van der Waals surface area contributed by atoms with Gasteiger partial charge in [0.05, 0.1) is 12.6 Å². The van der Waals surface area contributed by atoms with E-state index in [1.807, 2.05) is 18.2 Å². The van der Waals surface area contributed by atoms with Crippen LogP contribution in [0.15, 0.2) is 24.4 Å². The Balaban J connectivity index is 2.33. The Kier molecular flexibility index (Phi) is 3.91. The normalized spacial score (nSPS) is 10.5. The fourth-order valence-electron chi connectivity index (χ4n) is 2.06. The summed E-state index contributed by atoms with van der Waals surface area (Å²) in [7, 11) is 1.61. The molecular formula is C13H17N3O3. The van der Waals surface area contributed by atoms with Crippen LogP contribution in [-0.2, 0) is 11.2 Å². The highest BCUT2D eigenvalue weighted by atomic mass is 16.5. The highest BCUT2D eigenvalue weighted by molar-refractivity contribution is 5.85. The second-order valence-electron chi connectivity index (χ2n) is 4.24. The fourth-order valence-corrected chi connectivity index (χ4v) is 2.06. The number of aromatic nitrogens is 1. The lowest BCUT2D eigenvalue weighted by Crippen LogP contribution is -2.22. The summed E-state index contributed by atoms with van der Waals surface area (Å²) in [5.74, 6) is 0.700. The van der Waals surface area contributed by atoms with E-state index in [9.17, 15) is 4.79 Å². The maximum Gasteiger partial charge on any atom is 0.216 e. The van der Waals surface area contributed by atoms with Gasteiger partial charge in [-0.1, -0.05) is 0 Å². The van der Waals surface area contributed by atoms with Crippen LogP contribution in [0.5, 0.6) is 5.75 Å². The Morgan fingerprint density at radius 1 is 1.47 bits per heavy atom. The number of rotatable bonds is 5. The number of amides is 1. The molecule has 6 nitrogen and oxygen atoms in total. The molecule has 0 radical (unpaired) electrons. The van der Waals surface area contributed by atoms with Gasteiger partial charge in [-0.25, -0.2) is 10.3 Å². The van der Waals surface area contributed by atoms with Crippen LogP contribution in [0.4, 0.5) is 0 Å². The SMILES string of the molecule is COc1ccc2c(c1)c(CCNC(C)=O)cn2NO. The first-order valence-corrected chi connectivity index (χ1v) is 5.98. The van der Waals surface area contributed by atoms with Gasteiger partial charge >= 0.3 is 0 Å². The average molecular weight is 263 g/mol. The largest absolute Gasteiger partial charge is 0.497 e. The zero-order valence-corrected chi connectivity index (χ0v) is 10.9. The third-order valence-corrected chi connectivity index (χ3v) is 2.97. The molecule has 0 saturated carbocycles. The molecule has 19 heavy (non-hydrogen) atoms. The second kappa shape index (κ2) is 5.62. The van der Waals surface area contributed by atoms with Crippen molar-refractivity contribution < 1.29 is 14.7 Å². The predicted molar refractivity (Wildman–Crippen MR) is 72.0 cm³/mol. The maximum atomic E-state index is 10.9. The molecule has 0 aliphatic carbocycles. The third-order valence-electron chi connectivity index (χ3n) is 2.97. The molecule has 0 fully saturated rings. The van der Waals surface area contributed by atoms with Gasteiger partial charge in [0.25, 0.3) is 0 Å². The minimum atomic E-state index is -0.0541. The van der Waals surface area contributed by atoms with Gasteiger partial charge in [-0.3, -0.25) is 10.0 Å². The topological polar surface area (TPSA) is 75.5 Å². The van der Waals surface area contributed by atoms with E-state index in [1.165, 1.54) is 11.6 Å². The Morgan fingerprint density at radius 3 is 2.89 bits per heavy atom. The summed E-state index contributed by atoms with van der Waals surface area (Å²) in [6.07, 6.45) is 2.48. The van der Waals surface area contributed by atoms with Crippen LogP contribution >= 0.6 is 0 Å². The molecule has 0 spiro atoms. The van der Waals surface area contributed by atoms with Crippen molar-refractivity contribution in [2.75, 3.05) is 19.2 Å². The van der Waals surface area contributed by atoms with Crippen LogP contribution in [0.1, 0.15) is 12.5 Å². The van der Waals surface area contributed by atoms with Crippen molar-refractivity contribution in [3.63, 3.8) is 0 Å². The first-order chi connectivity index (χ1) is 9.15. The molecule has 0 aliphatic heterocycles. The van der Waals surface area contributed by atoms with E-state index in [-0.39, 0.29) is 5.91 Å². The number of benzene rings is 1. The van der Waals surface area contributed by atoms with Crippen LogP contribution in [0, 0.1) is 0 Å². The number of carbonyl (C=O) groups is 1. The van der Waals surface area contributed by atoms with Gasteiger partial charge < -0.3 is 10.1 Å². The highest BCUT2D eigenvalue weighted by Gasteiger charge is 2.09. The van der Waals surface area contributed by atoms with Gasteiger partial charge in [-0.05, 0) is 30.2 Å². The standard InChI is InChI=1S/C13H17N3O3/c1-9(17)14-6-5-10-8-16(15-18)13-4-3-11(19-2)7-12(10)13/h3-4,7-8,15,18H,5-6H2,1-2H3,(H,14,17).